The third-order valence-electron chi connectivity index (χ3n) is 5.44. The second-order valence-corrected chi connectivity index (χ2v) is 9.12. The number of hydrogen-bond acceptors (Lipinski definition) is 8. The van der Waals surface area contributed by atoms with E-state index in [0.29, 0.717) is 27.6 Å². The first-order valence-electron chi connectivity index (χ1n) is 11.8. The summed E-state index contributed by atoms with van der Waals surface area (Å²) in [7, 11) is 1.53. The summed E-state index contributed by atoms with van der Waals surface area (Å²) in [6, 6.07) is 19.1. The summed E-state index contributed by atoms with van der Waals surface area (Å²) in [5.41, 5.74) is 6.69. The first-order chi connectivity index (χ1) is 18.8. The lowest BCUT2D eigenvalue weighted by Gasteiger charge is -2.16. The lowest BCUT2D eigenvalue weighted by atomic mass is 10.1. The number of anilines is 1. The van der Waals surface area contributed by atoms with E-state index in [1.165, 1.54) is 20.1 Å². The smallest absolute Gasteiger partial charge is 0.260 e. The summed E-state index contributed by atoms with van der Waals surface area (Å²) in [5.74, 6) is -1.56. The van der Waals surface area contributed by atoms with Crippen LogP contribution in [0.2, 0.25) is 0 Å². The average molecular weight is 548 g/mol. The lowest BCUT2D eigenvalue weighted by molar-refractivity contribution is -0.128. The molecule has 0 fully saturated rings. The van der Waals surface area contributed by atoms with Crippen LogP contribution in [0.25, 0.3) is 11.1 Å². The van der Waals surface area contributed by atoms with Crippen LogP contribution in [0.1, 0.15) is 27.6 Å². The molecular formula is C27H25N5O6S. The quantitative estimate of drug-likeness (QED) is 0.184. The number of methoxy groups -OCH3 is 1. The molecule has 39 heavy (non-hydrogen) atoms. The van der Waals surface area contributed by atoms with Crippen molar-refractivity contribution in [2.45, 2.75) is 18.2 Å². The Morgan fingerprint density at radius 1 is 0.923 bits per heavy atom. The van der Waals surface area contributed by atoms with Gasteiger partial charge in [0.1, 0.15) is 17.3 Å². The Balaban J connectivity index is 1.27. The van der Waals surface area contributed by atoms with Crippen LogP contribution < -0.4 is 26.2 Å². The number of rotatable bonds is 9. The molecule has 4 amide bonds. The second kappa shape index (κ2) is 12.6. The van der Waals surface area contributed by atoms with Gasteiger partial charge in [-0.15, -0.1) is 0 Å². The number of carbonyl (C=O) groups excluding carboxylic acids is 4. The summed E-state index contributed by atoms with van der Waals surface area (Å²) >= 11 is 1.08. The number of ether oxygens (including phenoxy) is 1. The van der Waals surface area contributed by atoms with Gasteiger partial charge >= 0.3 is 0 Å². The van der Waals surface area contributed by atoms with Crippen molar-refractivity contribution in [2.24, 2.45) is 0 Å². The molecule has 12 heteroatoms. The number of hydrogen-bond donors (Lipinski definition) is 4. The van der Waals surface area contributed by atoms with Crippen LogP contribution in [0.4, 0.5) is 5.69 Å². The van der Waals surface area contributed by atoms with Gasteiger partial charge in [0.2, 0.25) is 5.91 Å². The molecule has 1 aromatic heterocycles. The number of oxazole rings is 1. The topological polar surface area (TPSA) is 152 Å². The summed E-state index contributed by atoms with van der Waals surface area (Å²) in [6.07, 6.45) is 0. The Morgan fingerprint density at radius 3 is 2.38 bits per heavy atom. The number of thioether (sulfide) groups is 1. The molecule has 4 N–H and O–H groups in total. The van der Waals surface area contributed by atoms with Gasteiger partial charge in [0.15, 0.2) is 5.58 Å². The highest BCUT2D eigenvalue weighted by Crippen LogP contribution is 2.23. The average Bonchev–Trinajstić information content (AvgIpc) is 3.38. The SMILES string of the molecule is COc1ccc(C(=O)Nc2ccccc2C(=O)N[C@@H](C)C(=O)NNC(=O)CSc2nc3ccccc3o2)cc1. The molecule has 200 valence electrons. The number of para-hydroxylation sites is 3. The Morgan fingerprint density at radius 2 is 1.64 bits per heavy atom. The fraction of sp³-hybridized carbons (Fsp3) is 0.148. The van der Waals surface area contributed by atoms with Crippen LogP contribution in [0.5, 0.6) is 5.75 Å². The van der Waals surface area contributed by atoms with Gasteiger partial charge < -0.3 is 19.8 Å². The molecule has 0 unspecified atom stereocenters. The molecule has 0 radical (unpaired) electrons. The molecule has 0 aliphatic rings. The number of aromatic nitrogens is 1. The number of fused-ring (bicyclic) bond motifs is 1. The Labute approximate surface area is 227 Å². The molecule has 0 aliphatic heterocycles. The summed E-state index contributed by atoms with van der Waals surface area (Å²) in [5, 5.41) is 5.60. The van der Waals surface area contributed by atoms with Crippen molar-refractivity contribution in [1.29, 1.82) is 0 Å². The summed E-state index contributed by atoms with van der Waals surface area (Å²) in [4.78, 5) is 54.4. The van der Waals surface area contributed by atoms with Crippen molar-refractivity contribution in [3.8, 4) is 5.75 Å². The van der Waals surface area contributed by atoms with E-state index in [9.17, 15) is 19.2 Å². The number of hydrazine groups is 1. The van der Waals surface area contributed by atoms with Crippen LogP contribution in [-0.4, -0.2) is 47.5 Å². The minimum absolute atomic E-state index is 0.0465. The molecule has 3 aromatic carbocycles. The van der Waals surface area contributed by atoms with E-state index >= 15 is 0 Å². The Kier molecular flexibility index (Phi) is 8.79. The maximum absolute atomic E-state index is 12.9. The normalized spacial score (nSPS) is 11.3. The zero-order valence-electron chi connectivity index (χ0n) is 21.0. The highest BCUT2D eigenvalue weighted by molar-refractivity contribution is 7.99. The van der Waals surface area contributed by atoms with Gasteiger partial charge in [-0.2, -0.15) is 0 Å². The van der Waals surface area contributed by atoms with Crippen LogP contribution in [0, 0.1) is 0 Å². The lowest BCUT2D eigenvalue weighted by Crippen LogP contribution is -2.51. The molecular weight excluding hydrogens is 522 g/mol. The zero-order valence-corrected chi connectivity index (χ0v) is 21.8. The molecule has 0 saturated heterocycles. The van der Waals surface area contributed by atoms with Crippen molar-refractivity contribution < 1.29 is 28.3 Å². The standard InChI is InChI=1S/C27H25N5O6S/c1-16(24(34)32-31-23(33)15-39-27-30-21-9-5-6-10-22(21)38-27)28-26(36)19-7-3-4-8-20(19)29-25(35)17-11-13-18(37-2)14-12-17/h3-14,16H,15H2,1-2H3,(H,28,36)(H,29,35)(H,31,33)(H,32,34)/t16-/m0/s1. The van der Waals surface area contributed by atoms with E-state index in [-0.39, 0.29) is 17.0 Å². The predicted molar refractivity (Wildman–Crippen MR) is 145 cm³/mol. The van der Waals surface area contributed by atoms with Crippen molar-refractivity contribution >= 4 is 52.2 Å². The maximum Gasteiger partial charge on any atom is 0.260 e. The number of nitrogens with zero attached hydrogens (tertiary/aromatic N) is 1. The van der Waals surface area contributed by atoms with Gasteiger partial charge in [-0.05, 0) is 55.5 Å². The molecule has 4 rings (SSSR count). The zero-order chi connectivity index (χ0) is 27.8. The highest BCUT2D eigenvalue weighted by Gasteiger charge is 2.20. The van der Waals surface area contributed by atoms with E-state index in [4.69, 9.17) is 9.15 Å². The van der Waals surface area contributed by atoms with Crippen LogP contribution in [0.15, 0.2) is 82.4 Å². The van der Waals surface area contributed by atoms with Crippen molar-refractivity contribution in [1.82, 2.24) is 21.2 Å². The van der Waals surface area contributed by atoms with Gasteiger partial charge in [-0.1, -0.05) is 36.0 Å². The molecule has 0 saturated carbocycles. The van der Waals surface area contributed by atoms with Crippen molar-refractivity contribution in [2.75, 3.05) is 18.2 Å². The van der Waals surface area contributed by atoms with Gasteiger partial charge in [0.05, 0.1) is 24.1 Å². The summed E-state index contributed by atoms with van der Waals surface area (Å²) < 4.78 is 10.6. The molecule has 11 nitrogen and oxygen atoms in total. The van der Waals surface area contributed by atoms with Crippen molar-refractivity contribution in [3.63, 3.8) is 0 Å². The third-order valence-corrected chi connectivity index (χ3v) is 6.27. The maximum atomic E-state index is 12.9. The van der Waals surface area contributed by atoms with E-state index in [2.05, 4.69) is 26.5 Å². The molecule has 4 aromatic rings. The van der Waals surface area contributed by atoms with E-state index < -0.39 is 29.7 Å². The van der Waals surface area contributed by atoms with E-state index in [1.54, 1.807) is 54.6 Å². The van der Waals surface area contributed by atoms with E-state index in [0.717, 1.165) is 11.8 Å². The van der Waals surface area contributed by atoms with Crippen LogP contribution in [-0.2, 0) is 9.59 Å². The third kappa shape index (κ3) is 7.14. The highest BCUT2D eigenvalue weighted by atomic mass is 32.2. The van der Waals surface area contributed by atoms with Gasteiger partial charge in [0.25, 0.3) is 22.9 Å². The van der Waals surface area contributed by atoms with Gasteiger partial charge in [-0.25, -0.2) is 4.98 Å². The van der Waals surface area contributed by atoms with Gasteiger partial charge in [0, 0.05) is 5.56 Å². The Hall–Kier alpha value is -4.84. The molecule has 0 aliphatic carbocycles. The van der Waals surface area contributed by atoms with Gasteiger partial charge in [-0.3, -0.25) is 30.0 Å². The number of nitrogens with one attached hydrogen (secondary N) is 4. The first-order valence-corrected chi connectivity index (χ1v) is 12.7. The minimum atomic E-state index is -0.993. The number of amides is 4. The second-order valence-electron chi connectivity index (χ2n) is 8.20. The summed E-state index contributed by atoms with van der Waals surface area (Å²) in [6.45, 7) is 1.46. The fourth-order valence-corrected chi connectivity index (χ4v) is 4.02. The monoisotopic (exact) mass is 547 g/mol. The van der Waals surface area contributed by atoms with E-state index in [1.807, 2.05) is 12.1 Å². The van der Waals surface area contributed by atoms with Crippen LogP contribution in [0.3, 0.4) is 0 Å². The first kappa shape index (κ1) is 27.2. The molecule has 0 bridgehead atoms. The minimum Gasteiger partial charge on any atom is -0.497 e. The van der Waals surface area contributed by atoms with Crippen LogP contribution >= 0.6 is 11.8 Å². The largest absolute Gasteiger partial charge is 0.497 e. The molecule has 0 spiro atoms. The molecule has 1 atom stereocenters. The number of benzene rings is 3. The predicted octanol–water partition coefficient (Wildman–Crippen LogP) is 3.15. The Bertz CT molecular complexity index is 1470. The van der Waals surface area contributed by atoms with Crippen molar-refractivity contribution in [3.05, 3.63) is 83.9 Å². The fourth-order valence-electron chi connectivity index (χ4n) is 3.38. The number of carbonyl (C=O) groups is 4. The molecule has 1 heterocycles.